The third kappa shape index (κ3) is 3.29. The van der Waals surface area contributed by atoms with Gasteiger partial charge in [0.15, 0.2) is 34.5 Å². The van der Waals surface area contributed by atoms with Crippen LogP contribution in [0.3, 0.4) is 0 Å². The molecule has 4 aromatic rings. The number of aromatic nitrogens is 4. The molecule has 0 unspecified atom stereocenters. The topological polar surface area (TPSA) is 199 Å². The zero-order valence-electron chi connectivity index (χ0n) is 14.3. The molecule has 29 heavy (non-hydrogen) atoms. The molecule has 2 aromatic carbocycles. The van der Waals surface area contributed by atoms with Crippen molar-refractivity contribution >= 4 is 0 Å². The lowest BCUT2D eigenvalue weighted by Gasteiger charge is -2.02. The molecule has 0 aliphatic rings. The Kier molecular flexibility index (Phi) is 4.07. The molecule has 0 aliphatic heterocycles. The molecular weight excluding hydrogens is 388 g/mol. The number of benzene rings is 2. The van der Waals surface area contributed by atoms with Crippen LogP contribution in [0.2, 0.25) is 0 Å². The van der Waals surface area contributed by atoms with E-state index < -0.39 is 34.5 Å². The maximum absolute atomic E-state index is 9.57. The van der Waals surface area contributed by atoms with Crippen molar-refractivity contribution in [1.29, 1.82) is 0 Å². The number of rotatable bonds is 4. The summed E-state index contributed by atoms with van der Waals surface area (Å²) in [6.45, 7) is 0. The van der Waals surface area contributed by atoms with E-state index in [1.165, 1.54) is 0 Å². The monoisotopic (exact) mass is 400 g/mol. The first-order valence-corrected chi connectivity index (χ1v) is 7.97. The average Bonchev–Trinajstić information content (AvgIpc) is 3.33. The van der Waals surface area contributed by atoms with Crippen LogP contribution in [0, 0.1) is 0 Å². The van der Waals surface area contributed by atoms with Gasteiger partial charge in [-0.25, -0.2) is 0 Å². The predicted molar refractivity (Wildman–Crippen MR) is 92.3 cm³/mol. The normalized spacial score (nSPS) is 11.0. The number of phenolic OH excluding ortho intramolecular Hbond substituents is 6. The third-order valence-corrected chi connectivity index (χ3v) is 3.87. The molecule has 0 bridgehead atoms. The van der Waals surface area contributed by atoms with Gasteiger partial charge in [0.2, 0.25) is 23.6 Å². The fourth-order valence-electron chi connectivity index (χ4n) is 2.47. The van der Waals surface area contributed by atoms with Crippen molar-refractivity contribution in [2.75, 3.05) is 0 Å². The highest BCUT2D eigenvalue weighted by atomic mass is 16.4. The van der Waals surface area contributed by atoms with E-state index in [0.29, 0.717) is 0 Å². The molecule has 2 aromatic heterocycles. The first-order valence-electron chi connectivity index (χ1n) is 7.97. The predicted octanol–water partition coefficient (Wildman–Crippen LogP) is 1.61. The Balaban J connectivity index is 1.56. The molecule has 0 saturated carbocycles. The Morgan fingerprint density at radius 2 is 0.897 bits per heavy atom. The third-order valence-electron chi connectivity index (χ3n) is 3.87. The van der Waals surface area contributed by atoms with Crippen LogP contribution in [0.15, 0.2) is 33.1 Å². The molecule has 0 aliphatic carbocycles. The Bertz CT molecular complexity index is 1080. The summed E-state index contributed by atoms with van der Waals surface area (Å²) in [5, 5.41) is 72.2. The molecule has 12 heteroatoms. The van der Waals surface area contributed by atoms with Gasteiger partial charge < -0.3 is 39.5 Å². The lowest BCUT2D eigenvalue weighted by molar-refractivity contribution is 0.368. The van der Waals surface area contributed by atoms with Crippen LogP contribution in [0.5, 0.6) is 34.5 Å². The number of hydrogen-bond donors (Lipinski definition) is 6. The van der Waals surface area contributed by atoms with Crippen LogP contribution >= 0.6 is 0 Å². The second-order valence-electron chi connectivity index (χ2n) is 5.90. The molecule has 0 radical (unpaired) electrons. The fourth-order valence-corrected chi connectivity index (χ4v) is 2.47. The van der Waals surface area contributed by atoms with Gasteiger partial charge in [0.1, 0.15) is 6.42 Å². The van der Waals surface area contributed by atoms with Crippen LogP contribution in [-0.2, 0) is 6.42 Å². The minimum Gasteiger partial charge on any atom is -0.504 e. The molecule has 12 nitrogen and oxygen atoms in total. The largest absolute Gasteiger partial charge is 0.504 e. The number of hydrogen-bond acceptors (Lipinski definition) is 12. The molecule has 148 valence electrons. The Morgan fingerprint density at radius 1 is 0.552 bits per heavy atom. The second kappa shape index (κ2) is 6.60. The van der Waals surface area contributed by atoms with Gasteiger partial charge in [-0.2, -0.15) is 0 Å². The number of nitrogens with zero attached hydrogens (tertiary/aromatic N) is 4. The van der Waals surface area contributed by atoms with Gasteiger partial charge in [-0.05, 0) is 24.3 Å². The first-order chi connectivity index (χ1) is 13.8. The van der Waals surface area contributed by atoms with Gasteiger partial charge in [-0.15, -0.1) is 20.4 Å². The van der Waals surface area contributed by atoms with Crippen LogP contribution in [0.1, 0.15) is 11.8 Å². The second-order valence-corrected chi connectivity index (χ2v) is 5.90. The minimum atomic E-state index is -0.668. The van der Waals surface area contributed by atoms with E-state index in [1.54, 1.807) is 0 Å². The highest BCUT2D eigenvalue weighted by molar-refractivity contribution is 5.65. The standard InChI is InChI=1S/C17H12N4O8/c22-8-1-6(2-9(23)14(8)26)16-20-18-12(28-16)5-13-19-21-17(29-13)7-3-10(24)15(27)11(25)4-7/h1-4,22-27H,5H2. The Labute approximate surface area is 160 Å². The SMILES string of the molecule is Oc1cc(-c2nnc(Cc3nnc(-c4cc(O)c(O)c(O)c4)o3)o2)cc(O)c1O. The summed E-state index contributed by atoms with van der Waals surface area (Å²) in [6, 6.07) is 4.56. The number of aromatic hydroxyl groups is 6. The van der Waals surface area contributed by atoms with Gasteiger partial charge in [0, 0.05) is 11.1 Å². The van der Waals surface area contributed by atoms with Crippen LogP contribution in [0.4, 0.5) is 0 Å². The Hall–Kier alpha value is -4.48. The smallest absolute Gasteiger partial charge is 0.248 e. The van der Waals surface area contributed by atoms with Crippen molar-refractivity contribution in [3.63, 3.8) is 0 Å². The summed E-state index contributed by atoms with van der Waals surface area (Å²) in [5.41, 5.74) is 0.357. The van der Waals surface area contributed by atoms with Gasteiger partial charge >= 0.3 is 0 Å². The quantitative estimate of drug-likeness (QED) is 0.271. The molecule has 0 spiro atoms. The highest BCUT2D eigenvalue weighted by Gasteiger charge is 2.18. The molecule has 2 heterocycles. The van der Waals surface area contributed by atoms with Crippen LogP contribution < -0.4 is 0 Å². The fraction of sp³-hybridized carbons (Fsp3) is 0.0588. The van der Waals surface area contributed by atoms with E-state index in [0.717, 1.165) is 24.3 Å². The van der Waals surface area contributed by atoms with Crippen molar-refractivity contribution < 1.29 is 39.5 Å². The van der Waals surface area contributed by atoms with Crippen LogP contribution in [0.25, 0.3) is 22.9 Å². The lowest BCUT2D eigenvalue weighted by atomic mass is 10.2. The summed E-state index contributed by atoms with van der Waals surface area (Å²) in [7, 11) is 0. The zero-order valence-corrected chi connectivity index (χ0v) is 14.3. The van der Waals surface area contributed by atoms with E-state index in [1.807, 2.05) is 0 Å². The van der Waals surface area contributed by atoms with E-state index in [2.05, 4.69) is 20.4 Å². The summed E-state index contributed by atoms with van der Waals surface area (Å²) in [4.78, 5) is 0. The lowest BCUT2D eigenvalue weighted by Crippen LogP contribution is -1.88. The van der Waals surface area contributed by atoms with Gasteiger partial charge in [0.05, 0.1) is 0 Å². The van der Waals surface area contributed by atoms with Crippen molar-refractivity contribution in [3.8, 4) is 57.4 Å². The van der Waals surface area contributed by atoms with Crippen molar-refractivity contribution in [1.82, 2.24) is 20.4 Å². The van der Waals surface area contributed by atoms with Gasteiger partial charge in [-0.3, -0.25) is 0 Å². The summed E-state index contributed by atoms with van der Waals surface area (Å²) in [5.74, 6) is -3.45. The molecular formula is C17H12N4O8. The number of phenols is 6. The molecule has 0 saturated heterocycles. The summed E-state index contributed by atoms with van der Waals surface area (Å²) in [6.07, 6.45) is -0.0495. The maximum Gasteiger partial charge on any atom is 0.248 e. The van der Waals surface area contributed by atoms with Crippen molar-refractivity contribution in [2.45, 2.75) is 6.42 Å². The maximum atomic E-state index is 9.57. The molecule has 6 N–H and O–H groups in total. The highest BCUT2D eigenvalue weighted by Crippen LogP contribution is 2.39. The molecule has 0 fully saturated rings. The van der Waals surface area contributed by atoms with Crippen molar-refractivity contribution in [3.05, 3.63) is 36.0 Å². The van der Waals surface area contributed by atoms with E-state index >= 15 is 0 Å². The molecule has 0 atom stereocenters. The van der Waals surface area contributed by atoms with Crippen molar-refractivity contribution in [2.24, 2.45) is 0 Å². The Morgan fingerprint density at radius 3 is 1.24 bits per heavy atom. The average molecular weight is 400 g/mol. The van der Waals surface area contributed by atoms with E-state index in [9.17, 15) is 30.6 Å². The summed E-state index contributed by atoms with van der Waals surface area (Å²) >= 11 is 0. The zero-order chi connectivity index (χ0) is 20.7. The summed E-state index contributed by atoms with van der Waals surface area (Å²) < 4.78 is 10.9. The van der Waals surface area contributed by atoms with E-state index in [4.69, 9.17) is 8.83 Å². The van der Waals surface area contributed by atoms with Gasteiger partial charge in [0.25, 0.3) is 0 Å². The van der Waals surface area contributed by atoms with E-state index in [-0.39, 0.29) is 41.1 Å². The minimum absolute atomic E-state index is 0.0290. The van der Waals surface area contributed by atoms with Crippen LogP contribution in [-0.4, -0.2) is 51.0 Å². The first kappa shape index (κ1) is 17.9. The molecule has 0 amide bonds. The molecule has 4 rings (SSSR count). The van der Waals surface area contributed by atoms with Gasteiger partial charge in [-0.1, -0.05) is 0 Å².